The van der Waals surface area contributed by atoms with Gasteiger partial charge in [-0.2, -0.15) is 13.2 Å². The molecule has 1 heterocycles. The van der Waals surface area contributed by atoms with Crippen LogP contribution in [0.1, 0.15) is 33.2 Å². The number of nitrogens with one attached hydrogen (secondary N) is 2. The van der Waals surface area contributed by atoms with Gasteiger partial charge in [-0.3, -0.25) is 14.5 Å². The number of urea groups is 1. The van der Waals surface area contributed by atoms with Gasteiger partial charge in [0.05, 0.1) is 11.1 Å². The van der Waals surface area contributed by atoms with Gasteiger partial charge in [-0.25, -0.2) is 4.79 Å². The van der Waals surface area contributed by atoms with Crippen LogP contribution >= 0.6 is 0 Å². The first kappa shape index (κ1) is 20.4. The lowest BCUT2D eigenvalue weighted by molar-refractivity contribution is -0.137. The van der Waals surface area contributed by atoms with E-state index < -0.39 is 23.7 Å². The maximum absolute atomic E-state index is 12.8. The number of carbonyl (C=O) groups is 3. The highest BCUT2D eigenvalue weighted by molar-refractivity contribution is 6.26. The van der Waals surface area contributed by atoms with Crippen LogP contribution in [0.3, 0.4) is 0 Å². The van der Waals surface area contributed by atoms with Crippen molar-refractivity contribution in [1.82, 2.24) is 4.90 Å². The quantitative estimate of drug-likeness (QED) is 0.570. The summed E-state index contributed by atoms with van der Waals surface area (Å²) in [5, 5.41) is 6.17. The van der Waals surface area contributed by atoms with Crippen LogP contribution in [0.4, 0.5) is 29.3 Å². The van der Waals surface area contributed by atoms with Crippen LogP contribution in [0.5, 0.6) is 0 Å². The van der Waals surface area contributed by atoms with Gasteiger partial charge in [0.15, 0.2) is 0 Å². The van der Waals surface area contributed by atoms with Gasteiger partial charge in [-0.15, -0.1) is 0 Å². The SMILES string of the molecule is CCN1C(=O)c2cccc3cc(NC(=O)Nc4ccc(C(F)(F)F)cc4)cc(c23)C1=O. The highest BCUT2D eigenvalue weighted by atomic mass is 19.4. The zero-order valence-electron chi connectivity index (χ0n) is 16.2. The third kappa shape index (κ3) is 3.70. The summed E-state index contributed by atoms with van der Waals surface area (Å²) in [5.74, 6) is -0.825. The molecule has 0 bridgehead atoms. The standard InChI is InChI=1S/C22H16F3N3O3/c1-2-28-19(29)16-5-3-4-12-10-15(11-17(18(12)16)20(28)30)27-21(31)26-14-8-6-13(7-9-14)22(23,24)25/h3-11H,2H2,1H3,(H2,26,27,31). The molecule has 6 nitrogen and oxygen atoms in total. The lowest BCUT2D eigenvalue weighted by Gasteiger charge is -2.26. The van der Waals surface area contributed by atoms with E-state index in [1.165, 1.54) is 6.07 Å². The number of carbonyl (C=O) groups excluding carboxylic acids is 3. The summed E-state index contributed by atoms with van der Waals surface area (Å²) in [6, 6.07) is 11.5. The molecule has 0 unspecified atom stereocenters. The van der Waals surface area contributed by atoms with Crippen molar-refractivity contribution >= 4 is 40.0 Å². The number of alkyl halides is 3. The zero-order chi connectivity index (χ0) is 22.3. The Bertz CT molecular complexity index is 1220. The summed E-state index contributed by atoms with van der Waals surface area (Å²) in [6.45, 7) is 1.90. The van der Waals surface area contributed by atoms with Crippen molar-refractivity contribution in [2.75, 3.05) is 17.2 Å². The minimum atomic E-state index is -4.47. The molecule has 3 aromatic carbocycles. The number of anilines is 2. The van der Waals surface area contributed by atoms with Crippen LogP contribution < -0.4 is 10.6 Å². The fraction of sp³-hybridized carbons (Fsp3) is 0.136. The molecule has 2 N–H and O–H groups in total. The third-order valence-electron chi connectivity index (χ3n) is 4.97. The first-order valence-corrected chi connectivity index (χ1v) is 9.37. The molecule has 1 aliphatic heterocycles. The Hall–Kier alpha value is -3.88. The lowest BCUT2D eigenvalue weighted by atomic mass is 9.93. The second kappa shape index (κ2) is 7.42. The van der Waals surface area contributed by atoms with E-state index in [1.807, 2.05) is 0 Å². The van der Waals surface area contributed by atoms with Gasteiger partial charge in [0.2, 0.25) is 0 Å². The molecule has 31 heavy (non-hydrogen) atoms. The van der Waals surface area contributed by atoms with Crippen LogP contribution in [0.2, 0.25) is 0 Å². The molecule has 0 saturated heterocycles. The largest absolute Gasteiger partial charge is 0.416 e. The molecule has 0 aromatic heterocycles. The molecule has 0 radical (unpaired) electrons. The number of hydrogen-bond donors (Lipinski definition) is 2. The van der Waals surface area contributed by atoms with Crippen molar-refractivity contribution in [3.63, 3.8) is 0 Å². The molecule has 0 spiro atoms. The maximum atomic E-state index is 12.8. The molecular weight excluding hydrogens is 411 g/mol. The van der Waals surface area contributed by atoms with E-state index in [1.54, 1.807) is 31.2 Å². The second-order valence-electron chi connectivity index (χ2n) is 6.94. The Morgan fingerprint density at radius 3 is 2.19 bits per heavy atom. The molecule has 1 aliphatic rings. The fourth-order valence-corrected chi connectivity index (χ4v) is 3.55. The molecule has 4 amide bonds. The number of nitrogens with zero attached hydrogens (tertiary/aromatic N) is 1. The van der Waals surface area contributed by atoms with Gasteiger partial charge in [0.1, 0.15) is 0 Å². The van der Waals surface area contributed by atoms with Gasteiger partial charge in [-0.05, 0) is 54.8 Å². The van der Waals surface area contributed by atoms with E-state index in [9.17, 15) is 27.6 Å². The lowest BCUT2D eigenvalue weighted by Crippen LogP contribution is -2.40. The normalized spacial score (nSPS) is 13.5. The van der Waals surface area contributed by atoms with Gasteiger partial charge < -0.3 is 10.6 Å². The highest BCUT2D eigenvalue weighted by Gasteiger charge is 2.32. The van der Waals surface area contributed by atoms with Crippen LogP contribution in [0.15, 0.2) is 54.6 Å². The van der Waals surface area contributed by atoms with Gasteiger partial charge in [-0.1, -0.05) is 12.1 Å². The number of hydrogen-bond acceptors (Lipinski definition) is 3. The van der Waals surface area contributed by atoms with Crippen molar-refractivity contribution < 1.29 is 27.6 Å². The smallest absolute Gasteiger partial charge is 0.308 e. The topological polar surface area (TPSA) is 78.5 Å². The molecule has 3 aromatic rings. The summed E-state index contributed by atoms with van der Waals surface area (Å²) in [4.78, 5) is 38.8. The monoisotopic (exact) mass is 427 g/mol. The van der Waals surface area contributed by atoms with Crippen molar-refractivity contribution in [2.45, 2.75) is 13.1 Å². The molecule has 158 valence electrons. The molecule has 0 saturated carbocycles. The Morgan fingerprint density at radius 1 is 0.903 bits per heavy atom. The Balaban J connectivity index is 1.61. The van der Waals surface area contributed by atoms with Crippen LogP contribution in [-0.2, 0) is 6.18 Å². The van der Waals surface area contributed by atoms with Crippen molar-refractivity contribution in [2.24, 2.45) is 0 Å². The summed E-state index contributed by atoms with van der Waals surface area (Å²) in [6.07, 6.45) is -4.47. The van der Waals surface area contributed by atoms with Crippen molar-refractivity contribution in [3.8, 4) is 0 Å². The molecule has 0 fully saturated rings. The van der Waals surface area contributed by atoms with E-state index in [2.05, 4.69) is 10.6 Å². The van der Waals surface area contributed by atoms with Gasteiger partial charge in [0.25, 0.3) is 11.8 Å². The number of benzene rings is 3. The third-order valence-corrected chi connectivity index (χ3v) is 4.97. The van der Waals surface area contributed by atoms with E-state index in [0.717, 1.165) is 29.2 Å². The van der Waals surface area contributed by atoms with Crippen LogP contribution in [0.25, 0.3) is 10.8 Å². The Morgan fingerprint density at radius 2 is 1.55 bits per heavy atom. The minimum absolute atomic E-state index is 0.175. The van der Waals surface area contributed by atoms with E-state index in [0.29, 0.717) is 27.6 Å². The fourth-order valence-electron chi connectivity index (χ4n) is 3.55. The first-order chi connectivity index (χ1) is 14.7. The summed E-state index contributed by atoms with van der Waals surface area (Å²) in [7, 11) is 0. The molecule has 0 aliphatic carbocycles. The summed E-state index contributed by atoms with van der Waals surface area (Å²) < 4.78 is 38.0. The van der Waals surface area contributed by atoms with E-state index in [4.69, 9.17) is 0 Å². The van der Waals surface area contributed by atoms with Gasteiger partial charge in [0, 0.05) is 28.9 Å². The Labute approximate surface area is 174 Å². The second-order valence-corrected chi connectivity index (χ2v) is 6.94. The predicted octanol–water partition coefficient (Wildman–Crippen LogP) is 5.12. The van der Waals surface area contributed by atoms with Gasteiger partial charge >= 0.3 is 12.2 Å². The minimum Gasteiger partial charge on any atom is -0.308 e. The number of halogens is 3. The maximum Gasteiger partial charge on any atom is 0.416 e. The average molecular weight is 427 g/mol. The van der Waals surface area contributed by atoms with Crippen molar-refractivity contribution in [1.29, 1.82) is 0 Å². The molecule has 9 heteroatoms. The first-order valence-electron chi connectivity index (χ1n) is 9.37. The van der Waals surface area contributed by atoms with E-state index in [-0.39, 0.29) is 18.1 Å². The number of rotatable bonds is 3. The van der Waals surface area contributed by atoms with Crippen LogP contribution in [0, 0.1) is 0 Å². The predicted molar refractivity (Wildman–Crippen MR) is 109 cm³/mol. The number of imide groups is 1. The summed E-state index contributed by atoms with van der Waals surface area (Å²) >= 11 is 0. The average Bonchev–Trinajstić information content (AvgIpc) is 2.71. The molecular formula is C22H16F3N3O3. The molecule has 4 rings (SSSR count). The Kier molecular flexibility index (Phi) is 4.88. The van der Waals surface area contributed by atoms with Crippen LogP contribution in [-0.4, -0.2) is 29.3 Å². The zero-order valence-corrected chi connectivity index (χ0v) is 16.2. The molecule has 0 atom stereocenters. The highest BCUT2D eigenvalue weighted by Crippen LogP contribution is 2.33. The number of amides is 4. The van der Waals surface area contributed by atoms with E-state index >= 15 is 0 Å². The van der Waals surface area contributed by atoms with Crippen molar-refractivity contribution in [3.05, 3.63) is 71.3 Å². The summed E-state index contributed by atoms with van der Waals surface area (Å²) in [5.41, 5.74) is 0.363.